The summed E-state index contributed by atoms with van der Waals surface area (Å²) in [7, 11) is 0. The van der Waals surface area contributed by atoms with Gasteiger partial charge in [-0.25, -0.2) is 4.68 Å². The summed E-state index contributed by atoms with van der Waals surface area (Å²) in [4.78, 5) is 13.9. The predicted molar refractivity (Wildman–Crippen MR) is 37.5 cm³/mol. The summed E-state index contributed by atoms with van der Waals surface area (Å²) in [5.74, 6) is 5.14. The van der Waals surface area contributed by atoms with Crippen LogP contribution >= 0.6 is 0 Å². The first-order valence-corrected chi connectivity index (χ1v) is 2.51. The van der Waals surface area contributed by atoms with Crippen LogP contribution in [0, 0.1) is 0 Å². The summed E-state index contributed by atoms with van der Waals surface area (Å²) in [6.07, 6.45) is 1.21. The molecule has 0 saturated carbocycles. The van der Waals surface area contributed by atoms with Crippen LogP contribution in [0.1, 0.15) is 0 Å². The maximum Gasteiger partial charge on any atom is 0.297 e. The molecule has 0 aliphatic rings. The molecule has 0 atom stereocenters. The fourth-order valence-corrected chi connectivity index (χ4v) is 0.498. The zero-order valence-corrected chi connectivity index (χ0v) is 5.11. The summed E-state index contributed by atoms with van der Waals surface area (Å²) in [6, 6.07) is 0. The number of rotatable bonds is 0. The van der Waals surface area contributed by atoms with Gasteiger partial charge in [0.05, 0.1) is 6.20 Å². The smallest absolute Gasteiger partial charge is 0.297 e. The van der Waals surface area contributed by atoms with E-state index in [1.54, 1.807) is 0 Å². The van der Waals surface area contributed by atoms with Crippen LogP contribution in [0.15, 0.2) is 11.0 Å². The third-order valence-electron chi connectivity index (χ3n) is 1.01. The van der Waals surface area contributed by atoms with Crippen LogP contribution in [0.4, 0.5) is 11.6 Å². The molecule has 0 spiro atoms. The summed E-state index contributed by atoms with van der Waals surface area (Å²) >= 11 is 0. The standard InChI is InChI=1S/C4H7N5O/c5-2-1-9(7)4(6)8-3(2)10/h1H,5,7H2,(H2,6,8,10). The van der Waals surface area contributed by atoms with Gasteiger partial charge in [-0.05, 0) is 0 Å². The van der Waals surface area contributed by atoms with Gasteiger partial charge in [0.15, 0.2) is 0 Å². The fourth-order valence-electron chi connectivity index (χ4n) is 0.498. The first-order chi connectivity index (χ1) is 4.61. The number of nitrogen functional groups attached to an aromatic ring is 3. The largest absolute Gasteiger partial charge is 0.393 e. The Bertz CT molecular complexity index is 303. The second-order valence-corrected chi connectivity index (χ2v) is 1.77. The van der Waals surface area contributed by atoms with Crippen LogP contribution in [0.5, 0.6) is 0 Å². The molecule has 0 radical (unpaired) electrons. The van der Waals surface area contributed by atoms with Crippen molar-refractivity contribution in [1.82, 2.24) is 9.66 Å². The van der Waals surface area contributed by atoms with Crippen LogP contribution in [0.2, 0.25) is 0 Å². The number of hydrogen-bond acceptors (Lipinski definition) is 5. The molecular formula is C4H7N5O. The van der Waals surface area contributed by atoms with Crippen molar-refractivity contribution < 1.29 is 0 Å². The zero-order chi connectivity index (χ0) is 7.72. The minimum absolute atomic E-state index is 0.0169. The molecule has 6 N–H and O–H groups in total. The maximum atomic E-state index is 10.6. The van der Waals surface area contributed by atoms with Crippen molar-refractivity contribution in [2.45, 2.75) is 0 Å². The molecule has 6 heteroatoms. The average Bonchev–Trinajstić information content (AvgIpc) is 1.84. The fraction of sp³-hybridized carbons (Fsp3) is 0. The van der Waals surface area contributed by atoms with Gasteiger partial charge in [0.25, 0.3) is 5.56 Å². The van der Waals surface area contributed by atoms with Gasteiger partial charge in [0.2, 0.25) is 5.95 Å². The molecule has 0 aliphatic carbocycles. The monoisotopic (exact) mass is 141 g/mol. The summed E-state index contributed by atoms with van der Waals surface area (Å²) in [5, 5.41) is 0. The average molecular weight is 141 g/mol. The quantitative estimate of drug-likeness (QED) is 0.366. The molecule has 1 aromatic rings. The van der Waals surface area contributed by atoms with E-state index < -0.39 is 5.56 Å². The van der Waals surface area contributed by atoms with Crippen LogP contribution in [0.3, 0.4) is 0 Å². The lowest BCUT2D eigenvalue weighted by Crippen LogP contribution is -2.23. The van der Waals surface area contributed by atoms with Crippen LogP contribution in [-0.2, 0) is 0 Å². The van der Waals surface area contributed by atoms with E-state index in [0.717, 1.165) is 4.68 Å². The minimum Gasteiger partial charge on any atom is -0.393 e. The normalized spacial score (nSPS) is 9.60. The molecule has 1 aromatic heterocycles. The lowest BCUT2D eigenvalue weighted by Gasteiger charge is -2.00. The molecular weight excluding hydrogens is 134 g/mol. The Balaban J connectivity index is 3.43. The van der Waals surface area contributed by atoms with Gasteiger partial charge < -0.3 is 17.3 Å². The van der Waals surface area contributed by atoms with Gasteiger partial charge in [0, 0.05) is 0 Å². The highest BCUT2D eigenvalue weighted by molar-refractivity contribution is 5.35. The highest BCUT2D eigenvalue weighted by Gasteiger charge is 1.97. The van der Waals surface area contributed by atoms with Crippen LogP contribution < -0.4 is 22.9 Å². The lowest BCUT2D eigenvalue weighted by molar-refractivity contribution is 0.945. The highest BCUT2D eigenvalue weighted by Crippen LogP contribution is 1.91. The van der Waals surface area contributed by atoms with E-state index in [4.69, 9.17) is 17.3 Å². The van der Waals surface area contributed by atoms with Crippen molar-refractivity contribution in [2.24, 2.45) is 0 Å². The molecule has 6 nitrogen and oxygen atoms in total. The van der Waals surface area contributed by atoms with Crippen LogP contribution in [-0.4, -0.2) is 9.66 Å². The van der Waals surface area contributed by atoms with Gasteiger partial charge >= 0.3 is 0 Å². The number of anilines is 2. The Morgan fingerprint density at radius 3 is 2.60 bits per heavy atom. The first-order valence-electron chi connectivity index (χ1n) is 2.51. The van der Waals surface area contributed by atoms with E-state index in [2.05, 4.69) is 4.98 Å². The Morgan fingerprint density at radius 1 is 1.50 bits per heavy atom. The van der Waals surface area contributed by atoms with Gasteiger partial charge in [-0.2, -0.15) is 4.98 Å². The highest BCUT2D eigenvalue weighted by atomic mass is 16.1. The van der Waals surface area contributed by atoms with Gasteiger partial charge in [0.1, 0.15) is 5.69 Å². The Morgan fingerprint density at radius 2 is 2.10 bits per heavy atom. The number of nitrogens with zero attached hydrogens (tertiary/aromatic N) is 2. The van der Waals surface area contributed by atoms with E-state index in [1.165, 1.54) is 6.20 Å². The molecule has 0 saturated heterocycles. The van der Waals surface area contributed by atoms with E-state index in [-0.39, 0.29) is 11.6 Å². The zero-order valence-electron chi connectivity index (χ0n) is 5.11. The minimum atomic E-state index is -0.556. The second kappa shape index (κ2) is 1.90. The second-order valence-electron chi connectivity index (χ2n) is 1.77. The van der Waals surface area contributed by atoms with Crippen molar-refractivity contribution >= 4 is 11.6 Å². The molecule has 54 valence electrons. The molecule has 0 fully saturated rings. The topological polar surface area (TPSA) is 113 Å². The van der Waals surface area contributed by atoms with E-state index in [1.807, 2.05) is 0 Å². The predicted octanol–water partition coefficient (Wildman–Crippen LogP) is -1.88. The van der Waals surface area contributed by atoms with Gasteiger partial charge in [-0.15, -0.1) is 0 Å². The first kappa shape index (κ1) is 6.40. The SMILES string of the molecule is Nc1cn(N)c(N)nc1=O. The summed E-state index contributed by atoms with van der Waals surface area (Å²) in [5.41, 5.74) is 9.75. The third kappa shape index (κ3) is 0.859. The molecule has 0 unspecified atom stereocenters. The maximum absolute atomic E-state index is 10.6. The van der Waals surface area contributed by atoms with Crippen molar-refractivity contribution in [3.8, 4) is 0 Å². The van der Waals surface area contributed by atoms with Crippen molar-refractivity contribution in [3.63, 3.8) is 0 Å². The molecule has 10 heavy (non-hydrogen) atoms. The molecule has 0 aromatic carbocycles. The number of hydrogen-bond donors (Lipinski definition) is 3. The third-order valence-corrected chi connectivity index (χ3v) is 1.01. The van der Waals surface area contributed by atoms with Gasteiger partial charge in [-0.1, -0.05) is 0 Å². The number of aromatic nitrogens is 2. The van der Waals surface area contributed by atoms with Crippen molar-refractivity contribution in [2.75, 3.05) is 17.3 Å². The molecule has 1 heterocycles. The molecule has 1 rings (SSSR count). The van der Waals surface area contributed by atoms with E-state index in [9.17, 15) is 4.79 Å². The molecule has 0 amide bonds. The van der Waals surface area contributed by atoms with Crippen LogP contribution in [0.25, 0.3) is 0 Å². The Hall–Kier alpha value is -1.72. The number of nitrogens with two attached hydrogens (primary N) is 3. The Kier molecular flexibility index (Phi) is 1.22. The van der Waals surface area contributed by atoms with E-state index >= 15 is 0 Å². The Labute approximate surface area is 56.2 Å². The van der Waals surface area contributed by atoms with Crippen molar-refractivity contribution in [1.29, 1.82) is 0 Å². The summed E-state index contributed by atoms with van der Waals surface area (Å²) < 4.78 is 0.983. The van der Waals surface area contributed by atoms with Gasteiger partial charge in [-0.3, -0.25) is 4.79 Å². The van der Waals surface area contributed by atoms with Crippen molar-refractivity contribution in [3.05, 3.63) is 16.6 Å². The molecule has 0 aliphatic heterocycles. The van der Waals surface area contributed by atoms with E-state index in [0.29, 0.717) is 0 Å². The lowest BCUT2D eigenvalue weighted by atomic mass is 10.5. The molecule has 0 bridgehead atoms. The summed E-state index contributed by atoms with van der Waals surface area (Å²) in [6.45, 7) is 0.